The molecule has 2 aromatic carbocycles. The molecule has 0 saturated heterocycles. The Labute approximate surface area is 337 Å². The average Bonchev–Trinajstić information content (AvgIpc) is 3.20. The lowest BCUT2D eigenvalue weighted by atomic mass is 10.1. The molecule has 8 nitrogen and oxygen atoms in total. The summed E-state index contributed by atoms with van der Waals surface area (Å²) in [6.45, 7) is 30.0. The summed E-state index contributed by atoms with van der Waals surface area (Å²) in [6.07, 6.45) is 22.1. The molecular weight excluding hydrogens is 709 g/mol. The zero-order valence-electron chi connectivity index (χ0n) is 36.4. The van der Waals surface area contributed by atoms with Crippen molar-refractivity contribution in [2.24, 2.45) is 0 Å². The number of sulfone groups is 1. The van der Waals surface area contributed by atoms with Gasteiger partial charge in [0.15, 0.2) is 0 Å². The van der Waals surface area contributed by atoms with E-state index in [2.05, 4.69) is 55.4 Å². The van der Waals surface area contributed by atoms with E-state index in [1.54, 1.807) is 0 Å². The van der Waals surface area contributed by atoms with Gasteiger partial charge in [-0.2, -0.15) is 0 Å². The minimum atomic E-state index is -3.81. The topological polar surface area (TPSA) is 109 Å². The van der Waals surface area contributed by atoms with E-state index in [1.807, 2.05) is 0 Å². The Morgan fingerprint density at radius 3 is 0.727 bits per heavy atom. The number of hydrogen-bond acceptors (Lipinski definition) is 4. The second-order valence-corrected chi connectivity index (χ2v) is 17.4. The second kappa shape index (κ2) is 30.4. The van der Waals surface area contributed by atoms with Crippen LogP contribution in [0, 0.1) is 0 Å². The Balaban J connectivity index is 0.000000804. The molecule has 0 radical (unpaired) electrons. The Morgan fingerprint density at radius 2 is 0.582 bits per heavy atom. The summed E-state index contributed by atoms with van der Waals surface area (Å²) in [6, 6.07) is 9.57. The predicted molar refractivity (Wildman–Crippen MR) is 231 cm³/mol. The fourth-order valence-corrected chi connectivity index (χ4v) is 8.24. The molecule has 0 aromatic heterocycles. The lowest BCUT2D eigenvalue weighted by Gasteiger charge is -2.39. The number of unbranched alkanes of at least 4 members (excludes halogenated alkanes) is 8. The SMILES string of the molecule is CCCC[N+](CCCC)(CCCC)CCCC.CCCC[N+](CCCC)(CCCC)CCCC.O=C(O)c1ccc(S(=O)(=O)c2ccc(C(=O)O)cc2)cc1. The Morgan fingerprint density at radius 1 is 0.400 bits per heavy atom. The van der Waals surface area contributed by atoms with E-state index in [1.165, 1.54) is 213 Å². The molecule has 2 aromatic rings. The van der Waals surface area contributed by atoms with Gasteiger partial charge >= 0.3 is 11.9 Å². The molecule has 0 fully saturated rings. The molecule has 0 atom stereocenters. The minimum Gasteiger partial charge on any atom is -0.478 e. The smallest absolute Gasteiger partial charge is 0.335 e. The van der Waals surface area contributed by atoms with E-state index in [9.17, 15) is 18.0 Å². The van der Waals surface area contributed by atoms with Crippen molar-refractivity contribution in [1.82, 2.24) is 0 Å². The van der Waals surface area contributed by atoms with Gasteiger partial charge in [0.1, 0.15) is 0 Å². The van der Waals surface area contributed by atoms with Gasteiger partial charge < -0.3 is 19.2 Å². The van der Waals surface area contributed by atoms with Crippen LogP contribution in [0.25, 0.3) is 0 Å². The summed E-state index contributed by atoms with van der Waals surface area (Å²) < 4.78 is 27.4. The third-order valence-electron chi connectivity index (χ3n) is 10.7. The van der Waals surface area contributed by atoms with Gasteiger partial charge in [0.2, 0.25) is 9.84 Å². The molecule has 55 heavy (non-hydrogen) atoms. The highest BCUT2D eigenvalue weighted by molar-refractivity contribution is 7.91. The van der Waals surface area contributed by atoms with Gasteiger partial charge in [-0.3, -0.25) is 0 Å². The molecule has 0 saturated carbocycles. The summed E-state index contributed by atoms with van der Waals surface area (Å²) >= 11 is 0. The van der Waals surface area contributed by atoms with Crippen molar-refractivity contribution in [3.63, 3.8) is 0 Å². The summed E-state index contributed by atoms with van der Waals surface area (Å²) in [4.78, 5) is 21.3. The molecule has 0 aliphatic carbocycles. The molecule has 0 aliphatic rings. The first-order chi connectivity index (χ1) is 26.3. The van der Waals surface area contributed by atoms with Gasteiger partial charge in [-0.25, -0.2) is 18.0 Å². The zero-order chi connectivity index (χ0) is 41.6. The van der Waals surface area contributed by atoms with E-state index in [0.717, 1.165) is 0 Å². The van der Waals surface area contributed by atoms with Gasteiger partial charge in [0, 0.05) is 0 Å². The summed E-state index contributed by atoms with van der Waals surface area (Å²) in [5.74, 6) is -2.30. The molecular formula is C46H82N2O6S+2. The lowest BCUT2D eigenvalue weighted by Crippen LogP contribution is -2.50. The molecule has 0 unspecified atom stereocenters. The van der Waals surface area contributed by atoms with Gasteiger partial charge in [-0.1, -0.05) is 107 Å². The van der Waals surface area contributed by atoms with Crippen LogP contribution in [0.15, 0.2) is 58.3 Å². The maximum Gasteiger partial charge on any atom is 0.335 e. The van der Waals surface area contributed by atoms with Gasteiger partial charge in [0.05, 0.1) is 73.3 Å². The van der Waals surface area contributed by atoms with Crippen molar-refractivity contribution in [3.05, 3.63) is 59.7 Å². The maximum atomic E-state index is 12.3. The summed E-state index contributed by atoms with van der Waals surface area (Å²) in [7, 11) is -3.81. The number of hydrogen-bond donors (Lipinski definition) is 2. The van der Waals surface area contributed by atoms with Crippen LogP contribution in [0.3, 0.4) is 0 Å². The number of aromatic carboxylic acids is 2. The number of carboxylic acid groups (broad SMARTS) is 2. The van der Waals surface area contributed by atoms with Crippen LogP contribution in [0.4, 0.5) is 0 Å². The Hall–Kier alpha value is -2.75. The average molecular weight is 791 g/mol. The fourth-order valence-electron chi connectivity index (χ4n) is 6.98. The molecule has 2 rings (SSSR count). The molecule has 316 valence electrons. The van der Waals surface area contributed by atoms with E-state index < -0.39 is 21.8 Å². The van der Waals surface area contributed by atoms with Crippen LogP contribution in [-0.4, -0.2) is 91.9 Å². The third kappa shape index (κ3) is 20.8. The quantitative estimate of drug-likeness (QED) is 0.0831. The van der Waals surface area contributed by atoms with Crippen LogP contribution in [0.2, 0.25) is 0 Å². The highest BCUT2D eigenvalue weighted by Gasteiger charge is 2.26. The van der Waals surface area contributed by atoms with Crippen LogP contribution < -0.4 is 0 Å². The molecule has 0 aliphatic heterocycles. The van der Waals surface area contributed by atoms with E-state index in [-0.39, 0.29) is 20.9 Å². The van der Waals surface area contributed by atoms with E-state index >= 15 is 0 Å². The van der Waals surface area contributed by atoms with E-state index in [0.29, 0.717) is 0 Å². The number of quaternary nitrogens is 2. The van der Waals surface area contributed by atoms with E-state index in [4.69, 9.17) is 10.2 Å². The number of carbonyl (C=O) groups is 2. The monoisotopic (exact) mass is 791 g/mol. The second-order valence-electron chi connectivity index (χ2n) is 15.5. The van der Waals surface area contributed by atoms with Gasteiger partial charge in [-0.05, 0) is 99.9 Å². The highest BCUT2D eigenvalue weighted by Crippen LogP contribution is 2.22. The molecule has 0 bridgehead atoms. The van der Waals surface area contributed by atoms with Crippen molar-refractivity contribution in [3.8, 4) is 0 Å². The van der Waals surface area contributed by atoms with Crippen LogP contribution in [0.5, 0.6) is 0 Å². The first-order valence-electron chi connectivity index (χ1n) is 21.9. The number of carboxylic acids is 2. The Bertz CT molecular complexity index is 1200. The molecule has 0 spiro atoms. The summed E-state index contributed by atoms with van der Waals surface area (Å²) in [5, 5.41) is 17.5. The lowest BCUT2D eigenvalue weighted by molar-refractivity contribution is -0.929. The van der Waals surface area contributed by atoms with Gasteiger partial charge in [-0.15, -0.1) is 0 Å². The van der Waals surface area contributed by atoms with Crippen molar-refractivity contribution in [1.29, 1.82) is 0 Å². The third-order valence-corrected chi connectivity index (χ3v) is 12.5. The first-order valence-corrected chi connectivity index (χ1v) is 23.4. The largest absolute Gasteiger partial charge is 0.478 e. The van der Waals surface area contributed by atoms with Crippen molar-refractivity contribution in [2.75, 3.05) is 52.4 Å². The normalized spacial score (nSPS) is 11.6. The number of benzene rings is 2. The van der Waals surface area contributed by atoms with Crippen molar-refractivity contribution in [2.45, 2.75) is 168 Å². The standard InChI is InChI=1S/2C16H36N.C14H10O6S/c2*1-5-9-13-17(14-10-6-2,15-11-7-3)16-12-8-4;15-13(16)9-1-5-11(6-2-9)21(19,20)12-7-3-10(4-8-12)14(17)18/h2*5-16H2,1-4H3;1-8H,(H,15,16)(H,17,18)/q2*+1;. The van der Waals surface area contributed by atoms with Crippen LogP contribution in [0.1, 0.15) is 179 Å². The van der Waals surface area contributed by atoms with Crippen molar-refractivity contribution < 1.29 is 37.2 Å². The first kappa shape index (κ1) is 52.2. The minimum absolute atomic E-state index is 0.0184. The van der Waals surface area contributed by atoms with Gasteiger partial charge in [0.25, 0.3) is 0 Å². The number of nitrogens with zero attached hydrogens (tertiary/aromatic N) is 2. The maximum absolute atomic E-state index is 12.3. The molecule has 9 heteroatoms. The zero-order valence-corrected chi connectivity index (χ0v) is 37.2. The van der Waals surface area contributed by atoms with Crippen LogP contribution >= 0.6 is 0 Å². The summed E-state index contributed by atoms with van der Waals surface area (Å²) in [5.41, 5.74) is -0.0367. The molecule has 0 amide bonds. The van der Waals surface area contributed by atoms with Crippen LogP contribution in [-0.2, 0) is 9.84 Å². The molecule has 2 N–H and O–H groups in total. The Kier molecular flexibility index (Phi) is 28.9. The fraction of sp³-hybridized carbons (Fsp3) is 0.696. The number of rotatable bonds is 28. The highest BCUT2D eigenvalue weighted by atomic mass is 32.2. The van der Waals surface area contributed by atoms with Crippen molar-refractivity contribution >= 4 is 21.8 Å². The predicted octanol–water partition coefficient (Wildman–Crippen LogP) is 11.9. The molecule has 0 heterocycles.